The van der Waals surface area contributed by atoms with Gasteiger partial charge in [0.15, 0.2) is 0 Å². The van der Waals surface area contributed by atoms with Crippen LogP contribution in [0, 0.1) is 5.82 Å². The van der Waals surface area contributed by atoms with Crippen LogP contribution >= 0.6 is 0 Å². The number of anilines is 1. The summed E-state index contributed by atoms with van der Waals surface area (Å²) in [4.78, 5) is 12.1. The maximum Gasteiger partial charge on any atom is 0.258 e. The highest BCUT2D eigenvalue weighted by molar-refractivity contribution is 6.04. The first-order valence-electron chi connectivity index (χ1n) is 6.57. The minimum Gasteiger partial charge on any atom is -0.322 e. The van der Waals surface area contributed by atoms with Gasteiger partial charge in [-0.05, 0) is 30.3 Å². The summed E-state index contributed by atoms with van der Waals surface area (Å²) in [6.07, 6.45) is 0. The van der Waals surface area contributed by atoms with Crippen molar-refractivity contribution in [2.45, 2.75) is 13.5 Å². The van der Waals surface area contributed by atoms with E-state index in [0.717, 1.165) is 12.1 Å². The van der Waals surface area contributed by atoms with Crippen molar-refractivity contribution in [1.29, 1.82) is 0 Å². The smallest absolute Gasteiger partial charge is 0.258 e. The number of rotatable bonds is 5. The van der Waals surface area contributed by atoms with Crippen LogP contribution in [0.5, 0.6) is 0 Å². The number of para-hydroxylation sites is 1. The summed E-state index contributed by atoms with van der Waals surface area (Å²) < 4.78 is 13.6. The molecule has 0 aliphatic rings. The number of hydrogen-bond acceptors (Lipinski definition) is 2. The van der Waals surface area contributed by atoms with Gasteiger partial charge < -0.3 is 10.6 Å². The van der Waals surface area contributed by atoms with Crippen LogP contribution in [0.3, 0.4) is 0 Å². The Labute approximate surface area is 117 Å². The van der Waals surface area contributed by atoms with Crippen LogP contribution in [0.2, 0.25) is 0 Å². The van der Waals surface area contributed by atoms with E-state index in [1.165, 1.54) is 12.1 Å². The van der Waals surface area contributed by atoms with E-state index in [9.17, 15) is 9.18 Å². The molecule has 0 aliphatic heterocycles. The van der Waals surface area contributed by atoms with Crippen molar-refractivity contribution in [2.24, 2.45) is 0 Å². The Bertz CT molecular complexity index is 599. The first-order valence-corrected chi connectivity index (χ1v) is 6.57. The Balaban J connectivity index is 2.18. The van der Waals surface area contributed by atoms with Gasteiger partial charge in [-0.2, -0.15) is 0 Å². The summed E-state index contributed by atoms with van der Waals surface area (Å²) in [7, 11) is 0. The van der Waals surface area contributed by atoms with Gasteiger partial charge in [0.1, 0.15) is 5.82 Å². The van der Waals surface area contributed by atoms with Crippen molar-refractivity contribution in [3.63, 3.8) is 0 Å². The van der Waals surface area contributed by atoms with E-state index in [-0.39, 0.29) is 5.56 Å². The second-order valence-electron chi connectivity index (χ2n) is 4.37. The van der Waals surface area contributed by atoms with E-state index >= 15 is 0 Å². The third kappa shape index (κ3) is 3.42. The zero-order valence-corrected chi connectivity index (χ0v) is 11.3. The van der Waals surface area contributed by atoms with E-state index in [4.69, 9.17) is 0 Å². The van der Waals surface area contributed by atoms with E-state index in [0.29, 0.717) is 12.2 Å². The summed E-state index contributed by atoms with van der Waals surface area (Å²) >= 11 is 0. The summed E-state index contributed by atoms with van der Waals surface area (Å²) in [6.45, 7) is 3.51. The number of halogens is 1. The zero-order chi connectivity index (χ0) is 14.4. The molecule has 0 aromatic heterocycles. The van der Waals surface area contributed by atoms with E-state index in [1.807, 2.05) is 31.2 Å². The molecular weight excluding hydrogens is 255 g/mol. The summed E-state index contributed by atoms with van der Waals surface area (Å²) in [5.74, 6) is -0.957. The molecule has 0 aliphatic carbocycles. The zero-order valence-electron chi connectivity index (χ0n) is 11.3. The van der Waals surface area contributed by atoms with Crippen LogP contribution < -0.4 is 10.6 Å². The van der Waals surface area contributed by atoms with Crippen molar-refractivity contribution in [1.82, 2.24) is 5.32 Å². The fourth-order valence-electron chi connectivity index (χ4n) is 1.89. The molecule has 4 heteroatoms. The summed E-state index contributed by atoms with van der Waals surface area (Å²) in [6, 6.07) is 13.4. The molecule has 0 atom stereocenters. The third-order valence-corrected chi connectivity index (χ3v) is 2.95. The van der Waals surface area contributed by atoms with Gasteiger partial charge in [-0.3, -0.25) is 4.79 Å². The number of carbonyl (C=O) groups excluding carboxylic acids is 1. The van der Waals surface area contributed by atoms with Crippen molar-refractivity contribution in [2.75, 3.05) is 11.9 Å². The highest BCUT2D eigenvalue weighted by Crippen LogP contribution is 2.17. The van der Waals surface area contributed by atoms with Crippen LogP contribution in [-0.4, -0.2) is 12.5 Å². The summed E-state index contributed by atoms with van der Waals surface area (Å²) in [5, 5.41) is 5.96. The molecule has 0 unspecified atom stereocenters. The lowest BCUT2D eigenvalue weighted by Gasteiger charge is -2.11. The molecule has 0 radical (unpaired) electrons. The molecule has 0 bridgehead atoms. The van der Waals surface area contributed by atoms with Crippen molar-refractivity contribution < 1.29 is 9.18 Å². The first kappa shape index (κ1) is 14.2. The van der Waals surface area contributed by atoms with Gasteiger partial charge in [-0.15, -0.1) is 0 Å². The van der Waals surface area contributed by atoms with Crippen LogP contribution in [0.25, 0.3) is 0 Å². The van der Waals surface area contributed by atoms with Gasteiger partial charge in [0.25, 0.3) is 5.91 Å². The Kier molecular flexibility index (Phi) is 4.85. The molecule has 0 heterocycles. The predicted molar refractivity (Wildman–Crippen MR) is 78.2 cm³/mol. The average Bonchev–Trinajstić information content (AvgIpc) is 2.46. The second-order valence-corrected chi connectivity index (χ2v) is 4.37. The first-order chi connectivity index (χ1) is 9.72. The van der Waals surface area contributed by atoms with Crippen molar-refractivity contribution >= 4 is 11.6 Å². The average molecular weight is 272 g/mol. The fraction of sp³-hybridized carbons (Fsp3) is 0.188. The maximum absolute atomic E-state index is 13.6. The molecule has 1 amide bonds. The number of carbonyl (C=O) groups is 1. The Morgan fingerprint density at radius 3 is 2.55 bits per heavy atom. The van der Waals surface area contributed by atoms with Crippen molar-refractivity contribution in [3.8, 4) is 0 Å². The van der Waals surface area contributed by atoms with Crippen LogP contribution in [0.1, 0.15) is 22.8 Å². The van der Waals surface area contributed by atoms with Crippen LogP contribution in [0.15, 0.2) is 48.5 Å². The Hall–Kier alpha value is -2.20. The third-order valence-electron chi connectivity index (χ3n) is 2.95. The number of nitrogens with one attached hydrogen (secondary N) is 2. The Morgan fingerprint density at radius 1 is 1.10 bits per heavy atom. The predicted octanol–water partition coefficient (Wildman–Crippen LogP) is 3.19. The van der Waals surface area contributed by atoms with Gasteiger partial charge in [-0.25, -0.2) is 4.39 Å². The van der Waals surface area contributed by atoms with Crippen LogP contribution in [-0.2, 0) is 6.54 Å². The molecule has 0 saturated heterocycles. The SMILES string of the molecule is CCNCc1ccccc1NC(=O)c1ccccc1F. The maximum atomic E-state index is 13.6. The molecule has 3 nitrogen and oxygen atoms in total. The normalized spacial score (nSPS) is 10.3. The van der Waals surface area contributed by atoms with Crippen LogP contribution in [0.4, 0.5) is 10.1 Å². The lowest BCUT2D eigenvalue weighted by molar-refractivity contribution is 0.102. The molecule has 2 aromatic carbocycles. The molecule has 0 saturated carbocycles. The lowest BCUT2D eigenvalue weighted by atomic mass is 10.1. The monoisotopic (exact) mass is 272 g/mol. The minimum absolute atomic E-state index is 0.0470. The molecule has 104 valence electrons. The molecule has 2 rings (SSSR count). The lowest BCUT2D eigenvalue weighted by Crippen LogP contribution is -2.17. The quantitative estimate of drug-likeness (QED) is 0.877. The number of benzene rings is 2. The van der Waals surface area contributed by atoms with Crippen molar-refractivity contribution in [3.05, 3.63) is 65.5 Å². The largest absolute Gasteiger partial charge is 0.322 e. The minimum atomic E-state index is -0.519. The fourth-order valence-corrected chi connectivity index (χ4v) is 1.89. The van der Waals surface area contributed by atoms with E-state index < -0.39 is 11.7 Å². The van der Waals surface area contributed by atoms with Gasteiger partial charge >= 0.3 is 0 Å². The molecule has 2 N–H and O–H groups in total. The molecule has 20 heavy (non-hydrogen) atoms. The van der Waals surface area contributed by atoms with Gasteiger partial charge in [0.2, 0.25) is 0 Å². The summed E-state index contributed by atoms with van der Waals surface area (Å²) in [5.41, 5.74) is 1.71. The highest BCUT2D eigenvalue weighted by Gasteiger charge is 2.12. The molecular formula is C16H17FN2O. The van der Waals surface area contributed by atoms with Gasteiger partial charge in [-0.1, -0.05) is 37.3 Å². The van der Waals surface area contributed by atoms with E-state index in [2.05, 4.69) is 10.6 Å². The second kappa shape index (κ2) is 6.82. The standard InChI is InChI=1S/C16H17FN2O/c1-2-18-11-12-7-3-6-10-15(12)19-16(20)13-8-4-5-9-14(13)17/h3-10,18H,2,11H2,1H3,(H,19,20). The highest BCUT2D eigenvalue weighted by atomic mass is 19.1. The molecule has 0 spiro atoms. The topological polar surface area (TPSA) is 41.1 Å². The van der Waals surface area contributed by atoms with Gasteiger partial charge in [0.05, 0.1) is 5.56 Å². The number of hydrogen-bond donors (Lipinski definition) is 2. The number of amides is 1. The van der Waals surface area contributed by atoms with E-state index in [1.54, 1.807) is 12.1 Å². The van der Waals surface area contributed by atoms with Gasteiger partial charge in [0, 0.05) is 12.2 Å². The Morgan fingerprint density at radius 2 is 1.80 bits per heavy atom. The molecule has 0 fully saturated rings. The molecule has 2 aromatic rings.